The number of benzene rings is 1. The zero-order valence-electron chi connectivity index (χ0n) is 13.2. The summed E-state index contributed by atoms with van der Waals surface area (Å²) in [5.41, 5.74) is 4.24. The molecule has 0 aliphatic rings. The van der Waals surface area contributed by atoms with Crippen LogP contribution in [0.15, 0.2) is 35.3 Å². The van der Waals surface area contributed by atoms with Crippen LogP contribution in [0, 0.1) is 19.8 Å². The summed E-state index contributed by atoms with van der Waals surface area (Å²) in [6, 6.07) is 7.77. The predicted molar refractivity (Wildman–Crippen MR) is 86.8 cm³/mol. The van der Waals surface area contributed by atoms with Crippen molar-refractivity contribution in [3.63, 3.8) is 0 Å². The molecule has 1 aromatic heterocycles. The van der Waals surface area contributed by atoms with Crippen LogP contribution in [0.3, 0.4) is 0 Å². The number of rotatable bonds is 5. The topological polar surface area (TPSA) is 46.9 Å². The van der Waals surface area contributed by atoms with Gasteiger partial charge in [0.15, 0.2) is 0 Å². The van der Waals surface area contributed by atoms with Gasteiger partial charge in [-0.25, -0.2) is 4.68 Å². The van der Waals surface area contributed by atoms with Crippen LogP contribution in [0.25, 0.3) is 0 Å². The molecule has 0 spiro atoms. The van der Waals surface area contributed by atoms with Crippen molar-refractivity contribution in [3.8, 4) is 0 Å². The SMILES string of the molecule is Cc1cccc(C)c1Cn1ncc(NCC(C)C)cc1=O. The molecule has 0 saturated heterocycles. The van der Waals surface area contributed by atoms with E-state index in [9.17, 15) is 4.79 Å². The first kappa shape index (κ1) is 15.3. The Morgan fingerprint density at radius 2 is 1.90 bits per heavy atom. The van der Waals surface area contributed by atoms with Crippen molar-refractivity contribution >= 4 is 5.69 Å². The highest BCUT2D eigenvalue weighted by Crippen LogP contribution is 2.14. The summed E-state index contributed by atoms with van der Waals surface area (Å²) in [5, 5.41) is 7.50. The molecule has 2 rings (SSSR count). The molecule has 0 unspecified atom stereocenters. The average Bonchev–Trinajstić information content (AvgIpc) is 2.42. The fourth-order valence-corrected chi connectivity index (χ4v) is 2.22. The number of anilines is 1. The Morgan fingerprint density at radius 3 is 2.48 bits per heavy atom. The summed E-state index contributed by atoms with van der Waals surface area (Å²) in [7, 11) is 0. The third kappa shape index (κ3) is 3.94. The van der Waals surface area contributed by atoms with E-state index >= 15 is 0 Å². The minimum atomic E-state index is -0.0774. The van der Waals surface area contributed by atoms with E-state index in [1.165, 1.54) is 15.8 Å². The fourth-order valence-electron chi connectivity index (χ4n) is 2.22. The van der Waals surface area contributed by atoms with Crippen LogP contribution < -0.4 is 10.9 Å². The van der Waals surface area contributed by atoms with Gasteiger partial charge in [-0.15, -0.1) is 0 Å². The molecular formula is C17H23N3O. The van der Waals surface area contributed by atoms with E-state index in [1.807, 2.05) is 6.07 Å². The van der Waals surface area contributed by atoms with Gasteiger partial charge in [0.1, 0.15) is 0 Å². The average molecular weight is 285 g/mol. The largest absolute Gasteiger partial charge is 0.383 e. The highest BCUT2D eigenvalue weighted by atomic mass is 16.1. The fraction of sp³-hybridized carbons (Fsp3) is 0.412. The number of nitrogens with one attached hydrogen (secondary N) is 1. The molecule has 0 fully saturated rings. The lowest BCUT2D eigenvalue weighted by atomic mass is 10.0. The molecule has 1 aromatic carbocycles. The summed E-state index contributed by atoms with van der Waals surface area (Å²) in [5.74, 6) is 0.530. The minimum Gasteiger partial charge on any atom is -0.383 e. The Kier molecular flexibility index (Phi) is 4.78. The predicted octanol–water partition coefficient (Wildman–Crippen LogP) is 2.98. The van der Waals surface area contributed by atoms with Gasteiger partial charge in [-0.3, -0.25) is 4.79 Å². The summed E-state index contributed by atoms with van der Waals surface area (Å²) in [6.45, 7) is 9.73. The van der Waals surface area contributed by atoms with Crippen LogP contribution >= 0.6 is 0 Å². The molecule has 0 amide bonds. The first-order valence-corrected chi connectivity index (χ1v) is 7.33. The van der Waals surface area contributed by atoms with E-state index in [0.29, 0.717) is 12.5 Å². The summed E-state index contributed by atoms with van der Waals surface area (Å²) < 4.78 is 1.51. The molecule has 0 atom stereocenters. The number of hydrogen-bond acceptors (Lipinski definition) is 3. The maximum atomic E-state index is 12.2. The minimum absolute atomic E-state index is 0.0774. The van der Waals surface area contributed by atoms with Crippen LogP contribution in [0.1, 0.15) is 30.5 Å². The van der Waals surface area contributed by atoms with E-state index in [2.05, 4.69) is 50.2 Å². The van der Waals surface area contributed by atoms with E-state index in [1.54, 1.807) is 12.3 Å². The highest BCUT2D eigenvalue weighted by molar-refractivity contribution is 5.39. The van der Waals surface area contributed by atoms with Gasteiger partial charge < -0.3 is 5.32 Å². The summed E-state index contributed by atoms with van der Waals surface area (Å²) in [4.78, 5) is 12.2. The molecule has 1 heterocycles. The van der Waals surface area contributed by atoms with Crippen molar-refractivity contribution < 1.29 is 0 Å². The number of hydrogen-bond donors (Lipinski definition) is 1. The van der Waals surface area contributed by atoms with E-state index in [0.717, 1.165) is 17.8 Å². The summed E-state index contributed by atoms with van der Waals surface area (Å²) >= 11 is 0. The summed E-state index contributed by atoms with van der Waals surface area (Å²) in [6.07, 6.45) is 1.72. The standard InChI is InChI=1S/C17H23N3O/c1-12(2)9-18-15-8-17(21)20(19-10-15)11-16-13(3)6-5-7-14(16)4/h5-8,10,12,18H,9,11H2,1-4H3. The molecule has 1 N–H and O–H groups in total. The second-order valence-electron chi connectivity index (χ2n) is 5.89. The Labute approximate surface area is 125 Å². The van der Waals surface area contributed by atoms with Crippen LogP contribution in [0.5, 0.6) is 0 Å². The van der Waals surface area contributed by atoms with Gasteiger partial charge in [0.2, 0.25) is 0 Å². The lowest BCUT2D eigenvalue weighted by Gasteiger charge is -2.12. The van der Waals surface area contributed by atoms with Crippen molar-refractivity contribution in [1.29, 1.82) is 0 Å². The van der Waals surface area contributed by atoms with Crippen molar-refractivity contribution in [3.05, 3.63) is 57.5 Å². The van der Waals surface area contributed by atoms with Gasteiger partial charge in [-0.1, -0.05) is 32.0 Å². The Hall–Kier alpha value is -2.10. The monoisotopic (exact) mass is 285 g/mol. The molecule has 112 valence electrons. The van der Waals surface area contributed by atoms with Gasteiger partial charge in [-0.05, 0) is 36.5 Å². The lowest BCUT2D eigenvalue weighted by molar-refractivity contribution is 0.633. The molecule has 0 aliphatic heterocycles. The second kappa shape index (κ2) is 6.57. The smallest absolute Gasteiger partial charge is 0.269 e. The Balaban J connectivity index is 2.20. The van der Waals surface area contributed by atoms with Crippen LogP contribution in [0.2, 0.25) is 0 Å². The zero-order chi connectivity index (χ0) is 15.4. The Morgan fingerprint density at radius 1 is 1.24 bits per heavy atom. The molecule has 4 nitrogen and oxygen atoms in total. The maximum absolute atomic E-state index is 12.2. The van der Waals surface area contributed by atoms with Crippen LogP contribution in [-0.2, 0) is 6.54 Å². The van der Waals surface area contributed by atoms with Gasteiger partial charge in [0, 0.05) is 12.6 Å². The van der Waals surface area contributed by atoms with Gasteiger partial charge in [-0.2, -0.15) is 5.10 Å². The maximum Gasteiger partial charge on any atom is 0.269 e. The number of aryl methyl sites for hydroxylation is 2. The van der Waals surface area contributed by atoms with Gasteiger partial charge >= 0.3 is 0 Å². The lowest BCUT2D eigenvalue weighted by Crippen LogP contribution is -2.24. The van der Waals surface area contributed by atoms with Gasteiger partial charge in [0.05, 0.1) is 18.4 Å². The molecule has 0 saturated carbocycles. The quantitative estimate of drug-likeness (QED) is 0.918. The normalized spacial score (nSPS) is 10.9. The zero-order valence-corrected chi connectivity index (χ0v) is 13.2. The highest BCUT2D eigenvalue weighted by Gasteiger charge is 2.06. The van der Waals surface area contributed by atoms with Crippen LogP contribution in [0.4, 0.5) is 5.69 Å². The van der Waals surface area contributed by atoms with E-state index in [4.69, 9.17) is 0 Å². The van der Waals surface area contributed by atoms with Crippen molar-refractivity contribution in [2.24, 2.45) is 5.92 Å². The van der Waals surface area contributed by atoms with Crippen molar-refractivity contribution in [2.75, 3.05) is 11.9 Å². The Bertz CT molecular complexity index is 654. The number of aromatic nitrogens is 2. The molecular weight excluding hydrogens is 262 g/mol. The molecule has 2 aromatic rings. The third-order valence-corrected chi connectivity index (χ3v) is 3.54. The number of nitrogens with zero attached hydrogens (tertiary/aromatic N) is 2. The first-order chi connectivity index (χ1) is 9.97. The van der Waals surface area contributed by atoms with Crippen molar-refractivity contribution in [2.45, 2.75) is 34.2 Å². The molecule has 0 aliphatic carbocycles. The molecule has 0 radical (unpaired) electrons. The van der Waals surface area contributed by atoms with Crippen LogP contribution in [-0.4, -0.2) is 16.3 Å². The van der Waals surface area contributed by atoms with Crippen molar-refractivity contribution in [1.82, 2.24) is 9.78 Å². The molecule has 4 heteroatoms. The van der Waals surface area contributed by atoms with E-state index < -0.39 is 0 Å². The van der Waals surface area contributed by atoms with Gasteiger partial charge in [0.25, 0.3) is 5.56 Å². The third-order valence-electron chi connectivity index (χ3n) is 3.54. The molecule has 0 bridgehead atoms. The van der Waals surface area contributed by atoms with E-state index in [-0.39, 0.29) is 5.56 Å². The first-order valence-electron chi connectivity index (χ1n) is 7.33. The molecule has 21 heavy (non-hydrogen) atoms. The second-order valence-corrected chi connectivity index (χ2v) is 5.89.